The van der Waals surface area contributed by atoms with Crippen LogP contribution in [0.3, 0.4) is 0 Å². The van der Waals surface area contributed by atoms with E-state index in [1.165, 1.54) is 32.4 Å². The van der Waals surface area contributed by atoms with Crippen molar-refractivity contribution >= 4 is 5.91 Å². The molecule has 0 aromatic heterocycles. The van der Waals surface area contributed by atoms with Crippen LogP contribution in [0.5, 0.6) is 0 Å². The summed E-state index contributed by atoms with van der Waals surface area (Å²) in [7, 11) is 0. The van der Waals surface area contributed by atoms with E-state index in [1.54, 1.807) is 0 Å². The Morgan fingerprint density at radius 1 is 0.926 bits per heavy atom. The van der Waals surface area contributed by atoms with Crippen LogP contribution in [0.15, 0.2) is 60.7 Å². The quantitative estimate of drug-likeness (QED) is 0.732. The molecule has 0 saturated carbocycles. The van der Waals surface area contributed by atoms with E-state index in [9.17, 15) is 4.79 Å². The van der Waals surface area contributed by atoms with E-state index in [-0.39, 0.29) is 5.91 Å². The van der Waals surface area contributed by atoms with Gasteiger partial charge >= 0.3 is 0 Å². The van der Waals surface area contributed by atoms with Crippen molar-refractivity contribution in [3.05, 3.63) is 71.8 Å². The lowest BCUT2D eigenvalue weighted by Gasteiger charge is -2.47. The first-order chi connectivity index (χ1) is 13.0. The number of hydrogen-bond acceptors (Lipinski definition) is 1. The number of likely N-dealkylation sites (tertiary alicyclic amines) is 1. The van der Waals surface area contributed by atoms with Gasteiger partial charge in [0.2, 0.25) is 5.91 Å². The van der Waals surface area contributed by atoms with Gasteiger partial charge in [0.05, 0.1) is 25.7 Å². The van der Waals surface area contributed by atoms with Crippen LogP contribution >= 0.6 is 0 Å². The van der Waals surface area contributed by atoms with E-state index < -0.39 is 5.41 Å². The number of nitrogens with two attached hydrogens (primary N) is 1. The van der Waals surface area contributed by atoms with E-state index in [2.05, 4.69) is 13.8 Å². The maximum absolute atomic E-state index is 13.0. The molecule has 1 fully saturated rings. The largest absolute Gasteiger partial charge is 0.369 e. The lowest BCUT2D eigenvalue weighted by molar-refractivity contribution is -0.952. The average Bonchev–Trinajstić information content (AvgIpc) is 2.70. The molecule has 0 radical (unpaired) electrons. The number of nitrogens with zero attached hydrogens (tertiary/aromatic N) is 1. The van der Waals surface area contributed by atoms with Crippen LogP contribution in [0.1, 0.15) is 50.7 Å². The van der Waals surface area contributed by atoms with Crippen LogP contribution in [0, 0.1) is 0 Å². The van der Waals surface area contributed by atoms with Crippen LogP contribution in [-0.4, -0.2) is 36.1 Å². The van der Waals surface area contributed by atoms with E-state index in [4.69, 9.17) is 5.73 Å². The van der Waals surface area contributed by atoms with Gasteiger partial charge in [-0.3, -0.25) is 4.79 Å². The standard InChI is InChI=1S/C24H32N2O/c1-20(2)26(17-10-5-11-18-26)19-16-24(23(25)27,21-12-6-3-7-13-21)22-14-8-4-9-15-22/h3-4,6-9,12-15,20H,5,10-11,16-19H2,1-2H3,(H-,25,27)/p+1. The van der Waals surface area contributed by atoms with Crippen LogP contribution in [0.25, 0.3) is 0 Å². The molecular weight excluding hydrogens is 332 g/mol. The molecule has 2 N–H and O–H groups in total. The molecular formula is C24H33N2O+. The third-order valence-corrected chi connectivity index (χ3v) is 6.69. The second kappa shape index (κ2) is 8.26. The molecule has 3 nitrogen and oxygen atoms in total. The number of quaternary nitrogens is 1. The SMILES string of the molecule is CC(C)[N+]1(CCC(C(N)=O)(c2ccccc2)c2ccccc2)CCCCC1. The van der Waals surface area contributed by atoms with Gasteiger partial charge in [-0.05, 0) is 44.2 Å². The van der Waals surface area contributed by atoms with Gasteiger partial charge in [0, 0.05) is 6.42 Å². The zero-order valence-corrected chi connectivity index (χ0v) is 16.7. The first-order valence-electron chi connectivity index (χ1n) is 10.3. The lowest BCUT2D eigenvalue weighted by atomic mass is 9.71. The summed E-state index contributed by atoms with van der Waals surface area (Å²) in [4.78, 5) is 13.0. The van der Waals surface area contributed by atoms with Crippen molar-refractivity contribution in [2.45, 2.75) is 51.0 Å². The Hall–Kier alpha value is -2.13. The van der Waals surface area contributed by atoms with Gasteiger partial charge < -0.3 is 10.2 Å². The van der Waals surface area contributed by atoms with E-state index >= 15 is 0 Å². The first kappa shape index (κ1) is 19.6. The number of rotatable bonds is 7. The molecule has 0 unspecified atom stereocenters. The highest BCUT2D eigenvalue weighted by atomic mass is 16.1. The van der Waals surface area contributed by atoms with Crippen LogP contribution < -0.4 is 5.73 Å². The predicted octanol–water partition coefficient (Wildman–Crippen LogP) is 4.26. The third-order valence-electron chi connectivity index (χ3n) is 6.69. The Bertz CT molecular complexity index is 694. The summed E-state index contributed by atoms with van der Waals surface area (Å²) in [5, 5.41) is 0. The molecule has 1 saturated heterocycles. The Kier molecular flexibility index (Phi) is 6.01. The van der Waals surface area contributed by atoms with Gasteiger partial charge in [-0.15, -0.1) is 0 Å². The minimum atomic E-state index is -0.778. The molecule has 144 valence electrons. The second-order valence-corrected chi connectivity index (χ2v) is 8.30. The fraction of sp³-hybridized carbons (Fsp3) is 0.458. The Morgan fingerprint density at radius 3 is 1.81 bits per heavy atom. The summed E-state index contributed by atoms with van der Waals surface area (Å²) in [5.41, 5.74) is 7.35. The summed E-state index contributed by atoms with van der Waals surface area (Å²) >= 11 is 0. The highest BCUT2D eigenvalue weighted by Gasteiger charge is 2.44. The van der Waals surface area contributed by atoms with E-state index in [0.717, 1.165) is 28.6 Å². The molecule has 0 atom stereocenters. The zero-order valence-electron chi connectivity index (χ0n) is 16.7. The predicted molar refractivity (Wildman–Crippen MR) is 111 cm³/mol. The molecule has 3 heteroatoms. The smallest absolute Gasteiger partial charge is 0.232 e. The van der Waals surface area contributed by atoms with Crippen LogP contribution in [0.4, 0.5) is 0 Å². The Balaban J connectivity index is 2.03. The van der Waals surface area contributed by atoms with E-state index in [0.29, 0.717) is 6.04 Å². The highest BCUT2D eigenvalue weighted by molar-refractivity contribution is 5.90. The monoisotopic (exact) mass is 365 g/mol. The summed E-state index contributed by atoms with van der Waals surface area (Å²) in [6.45, 7) is 8.03. The number of carbonyl (C=O) groups excluding carboxylic acids is 1. The molecule has 3 rings (SSSR count). The molecule has 1 heterocycles. The Morgan fingerprint density at radius 2 is 1.41 bits per heavy atom. The van der Waals surface area contributed by atoms with Gasteiger partial charge in [0.25, 0.3) is 0 Å². The molecule has 1 amide bonds. The van der Waals surface area contributed by atoms with Crippen molar-refractivity contribution < 1.29 is 9.28 Å². The average molecular weight is 366 g/mol. The van der Waals surface area contributed by atoms with Gasteiger partial charge in [-0.2, -0.15) is 0 Å². The summed E-state index contributed by atoms with van der Waals surface area (Å²) in [6.07, 6.45) is 4.62. The first-order valence-corrected chi connectivity index (χ1v) is 10.3. The van der Waals surface area contributed by atoms with Gasteiger partial charge in [-0.25, -0.2) is 0 Å². The minimum Gasteiger partial charge on any atom is -0.369 e. The zero-order chi connectivity index (χ0) is 19.3. The number of amides is 1. The second-order valence-electron chi connectivity index (χ2n) is 8.30. The summed E-state index contributed by atoms with van der Waals surface area (Å²) in [5.74, 6) is -0.251. The van der Waals surface area contributed by atoms with E-state index in [1.807, 2.05) is 60.7 Å². The molecule has 27 heavy (non-hydrogen) atoms. The number of benzene rings is 2. The topological polar surface area (TPSA) is 43.1 Å². The van der Waals surface area contributed by atoms with Crippen LogP contribution in [-0.2, 0) is 10.2 Å². The molecule has 0 bridgehead atoms. The van der Waals surface area contributed by atoms with Crippen molar-refractivity contribution in [2.75, 3.05) is 19.6 Å². The van der Waals surface area contributed by atoms with Crippen molar-refractivity contribution in [1.29, 1.82) is 0 Å². The molecule has 1 aliphatic rings. The number of primary amides is 1. The number of piperidine rings is 1. The number of hydrogen-bond donors (Lipinski definition) is 1. The van der Waals surface area contributed by atoms with Gasteiger partial charge in [-0.1, -0.05) is 60.7 Å². The van der Waals surface area contributed by atoms with Crippen molar-refractivity contribution in [3.63, 3.8) is 0 Å². The fourth-order valence-electron chi connectivity index (χ4n) is 4.84. The number of carbonyl (C=O) groups is 1. The van der Waals surface area contributed by atoms with Gasteiger partial charge in [0.1, 0.15) is 5.41 Å². The molecule has 0 spiro atoms. The fourth-order valence-corrected chi connectivity index (χ4v) is 4.84. The minimum absolute atomic E-state index is 0.251. The molecule has 2 aromatic rings. The van der Waals surface area contributed by atoms with Crippen LogP contribution in [0.2, 0.25) is 0 Å². The lowest BCUT2D eigenvalue weighted by Crippen LogP contribution is -2.58. The molecule has 1 aliphatic heterocycles. The third kappa shape index (κ3) is 3.79. The maximum Gasteiger partial charge on any atom is 0.232 e. The summed E-state index contributed by atoms with van der Waals surface area (Å²) < 4.78 is 1.09. The summed E-state index contributed by atoms with van der Waals surface area (Å²) in [6, 6.07) is 20.8. The molecule has 0 aliphatic carbocycles. The highest BCUT2D eigenvalue weighted by Crippen LogP contribution is 2.37. The van der Waals surface area contributed by atoms with Crippen molar-refractivity contribution in [2.24, 2.45) is 5.73 Å². The Labute approximate surface area is 163 Å². The van der Waals surface area contributed by atoms with Gasteiger partial charge in [0.15, 0.2) is 0 Å². The normalized spacial score (nSPS) is 17.0. The molecule has 2 aromatic carbocycles. The van der Waals surface area contributed by atoms with Crippen molar-refractivity contribution in [3.8, 4) is 0 Å². The van der Waals surface area contributed by atoms with Crippen molar-refractivity contribution in [1.82, 2.24) is 0 Å². The maximum atomic E-state index is 13.0.